The molecule has 0 saturated heterocycles. The summed E-state index contributed by atoms with van der Waals surface area (Å²) in [6, 6.07) is 0. The van der Waals surface area contributed by atoms with E-state index in [1.165, 1.54) is 238 Å². The summed E-state index contributed by atoms with van der Waals surface area (Å²) in [6.45, 7) is 3.69. The van der Waals surface area contributed by atoms with Crippen molar-refractivity contribution >= 4 is 19.8 Å². The first-order valence-electron chi connectivity index (χ1n) is 32.6. The summed E-state index contributed by atoms with van der Waals surface area (Å²) in [5, 5.41) is 0. The molecule has 10 heteroatoms. The number of allylic oxidation sites excluding steroid dienone is 8. The molecule has 0 radical (unpaired) electrons. The van der Waals surface area contributed by atoms with Crippen molar-refractivity contribution in [2.75, 3.05) is 26.4 Å². The topological polar surface area (TPSA) is 134 Å². The number of carbonyl (C=O) groups excluding carboxylic acids is 2. The van der Waals surface area contributed by atoms with Gasteiger partial charge in [-0.05, 0) is 51.4 Å². The van der Waals surface area contributed by atoms with Crippen LogP contribution >= 0.6 is 7.82 Å². The van der Waals surface area contributed by atoms with Crippen LogP contribution in [0.15, 0.2) is 48.6 Å². The Hall–Kier alpha value is -2.03. The summed E-state index contributed by atoms with van der Waals surface area (Å²) in [4.78, 5) is 35.2. The molecule has 0 fully saturated rings. The van der Waals surface area contributed by atoms with Crippen molar-refractivity contribution < 1.29 is 37.6 Å². The lowest BCUT2D eigenvalue weighted by molar-refractivity contribution is -0.161. The summed E-state index contributed by atoms with van der Waals surface area (Å²) >= 11 is 0. The van der Waals surface area contributed by atoms with Crippen LogP contribution in [0.2, 0.25) is 0 Å². The van der Waals surface area contributed by atoms with Crippen LogP contribution in [0.4, 0.5) is 0 Å². The average Bonchev–Trinajstić information content (AvgIpc) is 3.41. The van der Waals surface area contributed by atoms with E-state index < -0.39 is 26.5 Å². The monoisotopic (exact) mass is 1090 g/mol. The number of phosphoric acid groups is 1. The summed E-state index contributed by atoms with van der Waals surface area (Å²) in [5.41, 5.74) is 5.39. The van der Waals surface area contributed by atoms with E-state index >= 15 is 0 Å². The SMILES string of the molecule is CC/C=C\C/C=C\C/C=C\C/C=C\CCCCCCCCCCCCCCCCCCCCCCCCCCCCC(=O)OC(COC(=O)CCCCCCCCCCCCCCCCCC)COP(=O)(O)OCCN. The molecule has 0 aromatic heterocycles. The summed E-state index contributed by atoms with van der Waals surface area (Å²) in [5.74, 6) is -0.807. The zero-order valence-electron chi connectivity index (χ0n) is 50.0. The van der Waals surface area contributed by atoms with Crippen LogP contribution in [0.1, 0.15) is 328 Å². The molecule has 76 heavy (non-hydrogen) atoms. The molecule has 0 aliphatic carbocycles. The van der Waals surface area contributed by atoms with E-state index in [9.17, 15) is 19.0 Å². The van der Waals surface area contributed by atoms with Crippen molar-refractivity contribution in [1.82, 2.24) is 0 Å². The molecule has 2 unspecified atom stereocenters. The van der Waals surface area contributed by atoms with E-state index in [2.05, 4.69) is 62.5 Å². The first-order chi connectivity index (χ1) is 37.3. The summed E-state index contributed by atoms with van der Waals surface area (Å²) in [7, 11) is -4.38. The largest absolute Gasteiger partial charge is 0.472 e. The first-order valence-corrected chi connectivity index (χ1v) is 34.1. The van der Waals surface area contributed by atoms with Crippen molar-refractivity contribution in [2.24, 2.45) is 5.73 Å². The third-order valence-electron chi connectivity index (χ3n) is 14.5. The Labute approximate surface area is 470 Å². The lowest BCUT2D eigenvalue weighted by Crippen LogP contribution is -2.29. The summed E-state index contributed by atoms with van der Waals surface area (Å²) in [6.07, 6.45) is 77.8. The minimum atomic E-state index is -4.38. The second-order valence-electron chi connectivity index (χ2n) is 22.0. The Morgan fingerprint density at radius 3 is 1.08 bits per heavy atom. The minimum absolute atomic E-state index is 0.0564. The van der Waals surface area contributed by atoms with Gasteiger partial charge in [0.05, 0.1) is 13.2 Å². The van der Waals surface area contributed by atoms with Crippen LogP contribution in [0.3, 0.4) is 0 Å². The van der Waals surface area contributed by atoms with Gasteiger partial charge in [-0.2, -0.15) is 0 Å². The molecule has 0 aliphatic heterocycles. The number of phosphoric ester groups is 1. The van der Waals surface area contributed by atoms with Crippen molar-refractivity contribution in [1.29, 1.82) is 0 Å². The Kier molecular flexibility index (Phi) is 60.5. The van der Waals surface area contributed by atoms with Gasteiger partial charge in [-0.3, -0.25) is 18.6 Å². The Bertz CT molecular complexity index is 1380. The van der Waals surface area contributed by atoms with E-state index in [-0.39, 0.29) is 38.6 Å². The average molecular weight is 1090 g/mol. The predicted octanol–water partition coefficient (Wildman–Crippen LogP) is 20.9. The molecule has 0 bridgehead atoms. The van der Waals surface area contributed by atoms with E-state index in [1.807, 2.05) is 0 Å². The van der Waals surface area contributed by atoms with Crippen LogP contribution in [-0.4, -0.2) is 49.3 Å². The molecule has 2 atom stereocenters. The van der Waals surface area contributed by atoms with Gasteiger partial charge < -0.3 is 20.1 Å². The molecule has 0 aromatic rings. The van der Waals surface area contributed by atoms with Crippen LogP contribution in [0.5, 0.6) is 0 Å². The van der Waals surface area contributed by atoms with Crippen molar-refractivity contribution in [3.8, 4) is 0 Å². The third-order valence-corrected chi connectivity index (χ3v) is 15.5. The zero-order valence-corrected chi connectivity index (χ0v) is 50.9. The predicted molar refractivity (Wildman–Crippen MR) is 326 cm³/mol. The number of rotatable bonds is 62. The van der Waals surface area contributed by atoms with E-state index in [0.29, 0.717) is 6.42 Å². The van der Waals surface area contributed by atoms with E-state index in [0.717, 1.165) is 57.8 Å². The third kappa shape index (κ3) is 61.2. The zero-order chi connectivity index (χ0) is 55.2. The fraction of sp³-hybridized carbons (Fsp3) is 0.848. The Morgan fingerprint density at radius 2 is 0.724 bits per heavy atom. The van der Waals surface area contributed by atoms with Gasteiger partial charge >= 0.3 is 19.8 Å². The fourth-order valence-corrected chi connectivity index (χ4v) is 10.5. The van der Waals surface area contributed by atoms with Crippen LogP contribution < -0.4 is 5.73 Å². The molecule has 0 aliphatic rings. The van der Waals surface area contributed by atoms with Gasteiger partial charge in [-0.25, -0.2) is 4.57 Å². The van der Waals surface area contributed by atoms with Crippen LogP contribution in [0, 0.1) is 0 Å². The van der Waals surface area contributed by atoms with E-state index in [4.69, 9.17) is 24.3 Å². The molecule has 9 nitrogen and oxygen atoms in total. The highest BCUT2D eigenvalue weighted by molar-refractivity contribution is 7.47. The van der Waals surface area contributed by atoms with Gasteiger partial charge in [-0.15, -0.1) is 0 Å². The molecule has 446 valence electrons. The normalized spacial score (nSPS) is 13.3. The second-order valence-corrected chi connectivity index (χ2v) is 23.4. The fourth-order valence-electron chi connectivity index (χ4n) is 9.69. The van der Waals surface area contributed by atoms with Crippen molar-refractivity contribution in [2.45, 2.75) is 335 Å². The molecule has 0 heterocycles. The van der Waals surface area contributed by atoms with Gasteiger partial charge in [0.15, 0.2) is 6.10 Å². The first kappa shape index (κ1) is 74.0. The molecule has 0 rings (SSSR count). The van der Waals surface area contributed by atoms with Crippen LogP contribution in [0.25, 0.3) is 0 Å². The Balaban J connectivity index is 3.75. The lowest BCUT2D eigenvalue weighted by Gasteiger charge is -2.19. The maximum absolute atomic E-state index is 12.7. The molecule has 0 aromatic carbocycles. The number of hydrogen-bond acceptors (Lipinski definition) is 8. The summed E-state index contributed by atoms with van der Waals surface area (Å²) < 4.78 is 33.1. The molecule has 0 amide bonds. The second kappa shape index (κ2) is 62.2. The highest BCUT2D eigenvalue weighted by Gasteiger charge is 2.26. The molecule has 0 spiro atoms. The number of hydrogen-bond donors (Lipinski definition) is 2. The minimum Gasteiger partial charge on any atom is -0.462 e. The number of esters is 2. The van der Waals surface area contributed by atoms with Gasteiger partial charge in [0, 0.05) is 19.4 Å². The maximum Gasteiger partial charge on any atom is 0.472 e. The maximum atomic E-state index is 12.7. The van der Waals surface area contributed by atoms with Crippen molar-refractivity contribution in [3.63, 3.8) is 0 Å². The highest BCUT2D eigenvalue weighted by Crippen LogP contribution is 2.43. The molecule has 3 N–H and O–H groups in total. The molecular formula is C66H124NO8P. The Morgan fingerprint density at radius 1 is 0.408 bits per heavy atom. The number of unbranched alkanes of at least 4 members (excludes halogenated alkanes) is 41. The van der Waals surface area contributed by atoms with Gasteiger partial charge in [0.1, 0.15) is 6.61 Å². The molecule has 0 saturated carbocycles. The van der Waals surface area contributed by atoms with Crippen LogP contribution in [-0.2, 0) is 32.7 Å². The van der Waals surface area contributed by atoms with Crippen molar-refractivity contribution in [3.05, 3.63) is 48.6 Å². The molecular weight excluding hydrogens is 966 g/mol. The van der Waals surface area contributed by atoms with Gasteiger partial charge in [0.25, 0.3) is 0 Å². The quantitative estimate of drug-likeness (QED) is 0.0264. The highest BCUT2D eigenvalue weighted by atomic mass is 31.2. The van der Waals surface area contributed by atoms with E-state index in [1.54, 1.807) is 0 Å². The van der Waals surface area contributed by atoms with Gasteiger partial charge in [0.2, 0.25) is 0 Å². The number of nitrogens with two attached hydrogens (primary N) is 1. The standard InChI is InChI=1S/C66H124NO8P/c1-3-5-7-9-11-13-15-17-19-21-22-23-24-25-26-27-28-29-30-31-32-33-34-35-36-37-38-39-40-41-42-43-45-47-49-51-53-55-57-59-66(69)75-64(63-74-76(70,71)73-61-60-67)62-72-65(68)58-56-54-52-50-48-46-44-20-18-16-14-12-10-8-6-4-2/h5,7,11,13,17,19,22-23,64H,3-4,6,8-10,12,14-16,18,20-21,24-63,67H2,1-2H3,(H,70,71)/b7-5-,13-11-,19-17-,23-22-. The number of carbonyl (C=O) groups is 2. The smallest absolute Gasteiger partial charge is 0.462 e. The van der Waals surface area contributed by atoms with Gasteiger partial charge in [-0.1, -0.05) is 313 Å². The number of ether oxygens (including phenoxy) is 2. The lowest BCUT2D eigenvalue weighted by atomic mass is 10.0.